The molecule has 0 aliphatic carbocycles. The van der Waals surface area contributed by atoms with Crippen LogP contribution < -0.4 is 29.1 Å². The summed E-state index contributed by atoms with van der Waals surface area (Å²) in [5, 5.41) is 0. The second-order valence-electron chi connectivity index (χ2n) is 0.674. The van der Waals surface area contributed by atoms with E-state index in [0.717, 1.165) is 0 Å². The molecule has 116 valence electrons. The monoisotopic (exact) mass is 728 g/mol. The summed E-state index contributed by atoms with van der Waals surface area (Å²) in [5.41, 5.74) is 0. The molecule has 0 saturated carbocycles. The molecule has 0 aliphatic rings. The Bertz CT molecular complexity index is 149. The van der Waals surface area contributed by atoms with Gasteiger partial charge in [0.05, 0.1) is 0 Å². The van der Waals surface area contributed by atoms with E-state index in [4.69, 9.17) is 55.7 Å². The van der Waals surface area contributed by atoms with Crippen molar-refractivity contribution in [3.63, 3.8) is 0 Å². The molecule has 0 heterocycles. The summed E-state index contributed by atoms with van der Waals surface area (Å²) in [6.45, 7) is 0. The average molecular weight is 726 g/mol. The molecule has 0 aromatic rings. The molecule has 0 rings (SSSR count). The molecule has 0 spiro atoms. The molecule has 0 unspecified atom stereocenters. The number of hydrogen-bond donors (Lipinski definition) is 0. The number of hydrogen-bond acceptors (Lipinski definition) is 14. The maximum atomic E-state index is 8.46. The standard InChI is InChI=1S/7Al.Ba.Eu.Mg.14O/q;;;;;;;+2;+3;+2;;;;;;;;7*-1. The van der Waals surface area contributed by atoms with Gasteiger partial charge in [-0.05, 0) is 0 Å². The van der Waals surface area contributed by atoms with E-state index in [1.165, 1.54) is 0 Å². The van der Waals surface area contributed by atoms with Crippen molar-refractivity contribution in [2.24, 2.45) is 0 Å². The molecule has 0 amide bonds. The normalized spacial score (nSPS) is 2.33. The first-order valence-electron chi connectivity index (χ1n) is 3.30. The topological polar surface area (TPSA) is 281 Å². The summed E-state index contributed by atoms with van der Waals surface area (Å²) < 4.78 is 118. The van der Waals surface area contributed by atoms with Gasteiger partial charge in [0.15, 0.2) is 0 Å². The number of rotatable bonds is 0. The van der Waals surface area contributed by atoms with Crippen LogP contribution in [0.2, 0.25) is 0 Å². The van der Waals surface area contributed by atoms with Crippen LogP contribution in [0, 0.1) is 49.4 Å². The quantitative estimate of drug-likeness (QED) is 0.210. The Kier molecular flexibility index (Phi) is 375. The molecule has 0 bridgehead atoms. The summed E-state index contributed by atoms with van der Waals surface area (Å²) in [5.74, 6) is 0. The van der Waals surface area contributed by atoms with Gasteiger partial charge in [-0.2, -0.15) is 0 Å². The van der Waals surface area contributed by atoms with Crippen LogP contribution in [0.5, 0.6) is 0 Å². The van der Waals surface area contributed by atoms with Crippen molar-refractivity contribution in [1.82, 2.24) is 0 Å². The molecule has 0 N–H and O–H groups in total. The second kappa shape index (κ2) is 143. The van der Waals surface area contributed by atoms with Crippen molar-refractivity contribution in [2.75, 3.05) is 0 Å². The van der Waals surface area contributed by atoms with Crippen LogP contribution in [0.1, 0.15) is 0 Å². The first-order valence-corrected chi connectivity index (χ1v) is 9.90. The van der Waals surface area contributed by atoms with Crippen molar-refractivity contribution < 1.29 is 105 Å². The van der Waals surface area contributed by atoms with Gasteiger partial charge in [0.2, 0.25) is 0 Å². The van der Waals surface area contributed by atoms with Gasteiger partial charge < -0.3 is 0 Å². The molecule has 14 nitrogen and oxygen atoms in total. The zero-order valence-electron chi connectivity index (χ0n) is 11.5. The SMILES string of the molecule is [Ba+2].[Eu+3].[Mg+2].[O]=[Al][O-].[O]=[Al][O-].[O]=[Al][O-].[O]=[Al][O-].[O]=[Al][O-].[O]=[Al][O-].[O]=[Al][O-]. The molecule has 0 aromatic carbocycles. The molecule has 24 heavy (non-hydrogen) atoms. The Morgan fingerprint density at radius 1 is 0.375 bits per heavy atom. The minimum absolute atomic E-state index is 0. The van der Waals surface area contributed by atoms with Crippen molar-refractivity contribution in [1.29, 1.82) is 0 Å². The van der Waals surface area contributed by atoms with Crippen molar-refractivity contribution in [3.05, 3.63) is 0 Å². The fourth-order valence-corrected chi connectivity index (χ4v) is 0. The Morgan fingerprint density at radius 2 is 0.375 bits per heavy atom. The molecule has 0 aliphatic heterocycles. The first kappa shape index (κ1) is 63.0. The summed E-state index contributed by atoms with van der Waals surface area (Å²) >= 11 is -12.3. The Hall–Kier alpha value is 4.85. The van der Waals surface area contributed by atoms with Gasteiger partial charge in [-0.15, -0.1) is 0 Å². The van der Waals surface area contributed by atoms with Crippen LogP contribution >= 0.6 is 0 Å². The van der Waals surface area contributed by atoms with Crippen LogP contribution in [0.25, 0.3) is 0 Å². The average Bonchev–Trinajstić information content (AvgIpc) is 2.35. The summed E-state index contributed by atoms with van der Waals surface area (Å²) in [4.78, 5) is 0. The predicted octanol–water partition coefficient (Wildman–Crippen LogP) is -12.6. The van der Waals surface area contributed by atoms with Crippen LogP contribution in [-0.4, -0.2) is 180 Å². The Balaban J connectivity index is -0.0000000117. The van der Waals surface area contributed by atoms with Crippen LogP contribution in [0.4, 0.5) is 0 Å². The van der Waals surface area contributed by atoms with Gasteiger partial charge in [-0.25, -0.2) is 0 Å². The van der Waals surface area contributed by atoms with E-state index in [9.17, 15) is 0 Å². The van der Waals surface area contributed by atoms with Crippen LogP contribution in [0.15, 0.2) is 0 Å². The molecule has 24 heteroatoms. The second-order valence-corrected chi connectivity index (χ2v) is 2.02. The zero-order valence-corrected chi connectivity index (χ0v) is 27.9. The minimum atomic E-state index is -1.75. The predicted molar refractivity (Wildman–Crippen MR) is 56.6 cm³/mol. The molecular formula is Al7BaEuMgO14. The van der Waals surface area contributed by atoms with Gasteiger partial charge >= 0.3 is 285 Å². The van der Waals surface area contributed by atoms with E-state index in [-0.39, 0.29) is 121 Å². The molecule has 0 radical (unpaired) electrons. The first-order chi connectivity index (χ1) is 9.90. The molecule has 0 fully saturated rings. The van der Waals surface area contributed by atoms with Gasteiger partial charge in [0.1, 0.15) is 0 Å². The molecule has 0 saturated heterocycles. The van der Waals surface area contributed by atoms with Crippen molar-refractivity contribution >= 4 is 180 Å². The summed E-state index contributed by atoms with van der Waals surface area (Å²) in [6, 6.07) is 0. The van der Waals surface area contributed by atoms with E-state index >= 15 is 0 Å². The van der Waals surface area contributed by atoms with Gasteiger partial charge in [-0.1, -0.05) is 0 Å². The molecule has 0 aromatic heterocycles. The zero-order chi connectivity index (χ0) is 18.9. The van der Waals surface area contributed by atoms with Gasteiger partial charge in [0, 0.05) is 0 Å². The van der Waals surface area contributed by atoms with E-state index in [2.05, 4.69) is 0 Å². The fraction of sp³-hybridized carbons (Fsp3) is 0. The van der Waals surface area contributed by atoms with E-state index in [0.29, 0.717) is 0 Å². The third kappa shape index (κ3) is 763. The van der Waals surface area contributed by atoms with E-state index in [1.54, 1.807) is 0 Å². The van der Waals surface area contributed by atoms with Crippen molar-refractivity contribution in [3.8, 4) is 0 Å². The van der Waals surface area contributed by atoms with E-state index in [1.807, 2.05) is 0 Å². The maximum absolute atomic E-state index is 8.46. The van der Waals surface area contributed by atoms with Crippen LogP contribution in [0.3, 0.4) is 0 Å². The van der Waals surface area contributed by atoms with Gasteiger partial charge in [-0.3, -0.25) is 0 Å². The van der Waals surface area contributed by atoms with Crippen molar-refractivity contribution in [2.45, 2.75) is 0 Å². The van der Waals surface area contributed by atoms with E-state index < -0.39 is 108 Å². The van der Waals surface area contributed by atoms with Gasteiger partial charge in [0.25, 0.3) is 0 Å². The molecular weight excluding hydrogens is 726 g/mol. The molecule has 0 atom stereocenters. The third-order valence-electron chi connectivity index (χ3n) is 0. The Labute approximate surface area is 278 Å². The Morgan fingerprint density at radius 3 is 0.375 bits per heavy atom. The fourth-order valence-electron chi connectivity index (χ4n) is 0. The third-order valence-corrected chi connectivity index (χ3v) is 0. The summed E-state index contributed by atoms with van der Waals surface area (Å²) in [7, 11) is 0. The van der Waals surface area contributed by atoms with Crippen LogP contribution in [-0.2, 0) is 26.6 Å². The summed E-state index contributed by atoms with van der Waals surface area (Å²) in [6.07, 6.45) is 0.